The molecule has 23 heavy (non-hydrogen) atoms. The van der Waals surface area contributed by atoms with Crippen LogP contribution in [0.2, 0.25) is 0 Å². The number of nitrogens with one attached hydrogen (secondary N) is 1. The van der Waals surface area contributed by atoms with Gasteiger partial charge in [-0.25, -0.2) is 9.97 Å². The van der Waals surface area contributed by atoms with Crippen LogP contribution in [-0.2, 0) is 0 Å². The number of aromatic hydroxyl groups is 1. The summed E-state index contributed by atoms with van der Waals surface area (Å²) >= 11 is 5.20. The van der Waals surface area contributed by atoms with Crippen LogP contribution in [0.25, 0.3) is 10.2 Å². The third-order valence-corrected chi connectivity index (χ3v) is 5.66. The molecule has 1 aromatic carbocycles. The van der Waals surface area contributed by atoms with E-state index in [0.717, 1.165) is 39.5 Å². The van der Waals surface area contributed by atoms with Gasteiger partial charge in [-0.3, -0.25) is 0 Å². The summed E-state index contributed by atoms with van der Waals surface area (Å²) in [6.07, 6.45) is 1.63. The zero-order valence-corrected chi connectivity index (χ0v) is 14.6. The minimum Gasteiger partial charge on any atom is -0.508 e. The van der Waals surface area contributed by atoms with E-state index in [4.69, 9.17) is 0 Å². The van der Waals surface area contributed by atoms with Crippen LogP contribution in [0.4, 0.5) is 5.82 Å². The molecule has 2 aromatic heterocycles. The summed E-state index contributed by atoms with van der Waals surface area (Å²) in [6.45, 7) is 2.65. The molecule has 7 heteroatoms. The van der Waals surface area contributed by atoms with Gasteiger partial charge in [-0.05, 0) is 39.7 Å². The number of phenols is 1. The molecule has 118 valence electrons. The van der Waals surface area contributed by atoms with Crippen molar-refractivity contribution in [2.45, 2.75) is 6.04 Å². The predicted molar refractivity (Wildman–Crippen MR) is 96.2 cm³/mol. The fourth-order valence-electron chi connectivity index (χ4n) is 2.91. The van der Waals surface area contributed by atoms with Crippen molar-refractivity contribution >= 4 is 43.3 Å². The van der Waals surface area contributed by atoms with Gasteiger partial charge in [0.1, 0.15) is 17.9 Å². The van der Waals surface area contributed by atoms with E-state index in [0.29, 0.717) is 5.75 Å². The standard InChI is InChI=1S/C16H15BrN4OS/c17-14-7-12-15(23-14)16(20-9-19-12)21-6-5-18-13(8-21)10-1-3-11(22)4-2-10/h1-4,7,9,13,18,22H,5-6,8H2. The fourth-order valence-corrected chi connectivity index (χ4v) is 4.47. The Morgan fingerprint density at radius 2 is 2.09 bits per heavy atom. The maximum atomic E-state index is 9.45. The topological polar surface area (TPSA) is 61.3 Å². The molecule has 0 bridgehead atoms. The van der Waals surface area contributed by atoms with Crippen LogP contribution in [-0.4, -0.2) is 34.7 Å². The summed E-state index contributed by atoms with van der Waals surface area (Å²) in [7, 11) is 0. The van der Waals surface area contributed by atoms with Gasteiger partial charge in [-0.15, -0.1) is 11.3 Å². The van der Waals surface area contributed by atoms with E-state index in [1.165, 1.54) is 5.56 Å². The lowest BCUT2D eigenvalue weighted by atomic mass is 10.0. The largest absolute Gasteiger partial charge is 0.508 e. The van der Waals surface area contributed by atoms with Gasteiger partial charge >= 0.3 is 0 Å². The van der Waals surface area contributed by atoms with E-state index >= 15 is 0 Å². The van der Waals surface area contributed by atoms with Crippen LogP contribution >= 0.6 is 27.3 Å². The monoisotopic (exact) mass is 390 g/mol. The highest BCUT2D eigenvalue weighted by Crippen LogP contribution is 2.35. The van der Waals surface area contributed by atoms with Gasteiger partial charge in [-0.2, -0.15) is 0 Å². The van der Waals surface area contributed by atoms with Gasteiger partial charge in [0, 0.05) is 25.7 Å². The van der Waals surface area contributed by atoms with Gasteiger partial charge < -0.3 is 15.3 Å². The average molecular weight is 391 g/mol. The molecule has 4 rings (SSSR count). The second-order valence-electron chi connectivity index (χ2n) is 5.51. The van der Waals surface area contributed by atoms with Crippen LogP contribution in [0.5, 0.6) is 5.75 Å². The molecule has 1 unspecified atom stereocenters. The zero-order chi connectivity index (χ0) is 15.8. The maximum Gasteiger partial charge on any atom is 0.150 e. The van der Waals surface area contributed by atoms with Gasteiger partial charge in [0.25, 0.3) is 0 Å². The number of phenolic OH excluding ortho intramolecular Hbond substituents is 1. The van der Waals surface area contributed by atoms with Crippen molar-refractivity contribution in [1.29, 1.82) is 0 Å². The molecule has 1 atom stereocenters. The SMILES string of the molecule is Oc1ccc(C2CN(c3ncnc4cc(Br)sc34)CCN2)cc1. The Balaban J connectivity index is 1.65. The van der Waals surface area contributed by atoms with Crippen molar-refractivity contribution in [2.75, 3.05) is 24.5 Å². The molecule has 1 aliphatic rings. The highest BCUT2D eigenvalue weighted by atomic mass is 79.9. The Hall–Kier alpha value is -1.70. The number of piperazine rings is 1. The molecular weight excluding hydrogens is 376 g/mol. The summed E-state index contributed by atoms with van der Waals surface area (Å²) < 4.78 is 2.19. The number of hydrogen-bond acceptors (Lipinski definition) is 6. The van der Waals surface area contributed by atoms with E-state index < -0.39 is 0 Å². The molecule has 1 aliphatic heterocycles. The third kappa shape index (κ3) is 2.91. The Morgan fingerprint density at radius 3 is 2.91 bits per heavy atom. The van der Waals surface area contributed by atoms with E-state index in [-0.39, 0.29) is 6.04 Å². The van der Waals surface area contributed by atoms with Crippen molar-refractivity contribution in [3.05, 3.63) is 46.0 Å². The quantitative estimate of drug-likeness (QED) is 0.702. The van der Waals surface area contributed by atoms with E-state index in [9.17, 15) is 5.11 Å². The number of aromatic nitrogens is 2. The first-order valence-corrected chi connectivity index (χ1v) is 8.99. The summed E-state index contributed by atoms with van der Waals surface area (Å²) in [4.78, 5) is 11.2. The van der Waals surface area contributed by atoms with Crippen LogP contribution in [0, 0.1) is 0 Å². The molecule has 1 fully saturated rings. The van der Waals surface area contributed by atoms with Crippen LogP contribution in [0.15, 0.2) is 40.4 Å². The molecule has 3 heterocycles. The van der Waals surface area contributed by atoms with Crippen molar-refractivity contribution in [2.24, 2.45) is 0 Å². The molecule has 0 aliphatic carbocycles. The Labute approximate surface area is 146 Å². The van der Waals surface area contributed by atoms with Gasteiger partial charge in [0.2, 0.25) is 0 Å². The molecule has 3 aromatic rings. The van der Waals surface area contributed by atoms with Gasteiger partial charge in [0.15, 0.2) is 0 Å². The molecule has 0 amide bonds. The first-order chi connectivity index (χ1) is 11.2. The predicted octanol–water partition coefficient (Wildman–Crippen LogP) is 3.31. The first-order valence-electron chi connectivity index (χ1n) is 7.38. The van der Waals surface area contributed by atoms with Crippen molar-refractivity contribution in [3.63, 3.8) is 0 Å². The number of benzene rings is 1. The summed E-state index contributed by atoms with van der Waals surface area (Å²) in [5.41, 5.74) is 2.15. The number of nitrogens with zero attached hydrogens (tertiary/aromatic N) is 3. The summed E-state index contributed by atoms with van der Waals surface area (Å²) in [5, 5.41) is 13.0. The molecular formula is C16H15BrN4OS. The second kappa shape index (κ2) is 6.07. The second-order valence-corrected chi connectivity index (χ2v) is 7.94. The van der Waals surface area contributed by atoms with Crippen molar-refractivity contribution < 1.29 is 5.11 Å². The highest BCUT2D eigenvalue weighted by molar-refractivity contribution is 9.11. The molecule has 1 saturated heterocycles. The molecule has 0 saturated carbocycles. The minimum atomic E-state index is 0.220. The molecule has 0 radical (unpaired) electrons. The number of hydrogen-bond donors (Lipinski definition) is 2. The number of fused-ring (bicyclic) bond motifs is 1. The Kier molecular flexibility index (Phi) is 3.92. The fraction of sp³-hybridized carbons (Fsp3) is 0.250. The van der Waals surface area contributed by atoms with E-state index in [1.807, 2.05) is 18.2 Å². The molecule has 0 spiro atoms. The lowest BCUT2D eigenvalue weighted by Crippen LogP contribution is -2.46. The lowest BCUT2D eigenvalue weighted by molar-refractivity contribution is 0.463. The van der Waals surface area contributed by atoms with Crippen LogP contribution in [0.1, 0.15) is 11.6 Å². The molecule has 2 N–H and O–H groups in total. The van der Waals surface area contributed by atoms with Gasteiger partial charge in [0.05, 0.1) is 14.0 Å². The number of thiophene rings is 1. The highest BCUT2D eigenvalue weighted by Gasteiger charge is 2.23. The normalized spacial score (nSPS) is 18.5. The number of anilines is 1. The summed E-state index contributed by atoms with van der Waals surface area (Å²) in [5.74, 6) is 1.29. The van der Waals surface area contributed by atoms with E-state index in [1.54, 1.807) is 29.8 Å². The maximum absolute atomic E-state index is 9.45. The Morgan fingerprint density at radius 1 is 1.26 bits per heavy atom. The van der Waals surface area contributed by atoms with Crippen molar-refractivity contribution in [3.8, 4) is 5.75 Å². The molecule has 5 nitrogen and oxygen atoms in total. The zero-order valence-electron chi connectivity index (χ0n) is 12.2. The first kappa shape index (κ1) is 14.9. The van der Waals surface area contributed by atoms with E-state index in [2.05, 4.69) is 36.1 Å². The number of rotatable bonds is 2. The Bertz CT molecular complexity index is 836. The van der Waals surface area contributed by atoms with Crippen LogP contribution in [0.3, 0.4) is 0 Å². The minimum absolute atomic E-state index is 0.220. The number of halogens is 1. The van der Waals surface area contributed by atoms with Crippen molar-refractivity contribution in [1.82, 2.24) is 15.3 Å². The smallest absolute Gasteiger partial charge is 0.150 e. The van der Waals surface area contributed by atoms with Gasteiger partial charge in [-0.1, -0.05) is 12.1 Å². The lowest BCUT2D eigenvalue weighted by Gasteiger charge is -2.34. The van der Waals surface area contributed by atoms with Crippen LogP contribution < -0.4 is 10.2 Å². The average Bonchev–Trinajstić information content (AvgIpc) is 2.95. The summed E-state index contributed by atoms with van der Waals surface area (Å²) in [6, 6.07) is 9.65. The third-order valence-electron chi connectivity index (χ3n) is 4.03.